The summed E-state index contributed by atoms with van der Waals surface area (Å²) in [5, 5.41) is 9.12. The number of carbonyl (C=O) groups excluding carboxylic acids is 2. The van der Waals surface area contributed by atoms with Crippen LogP contribution in [0.5, 0.6) is 0 Å². The van der Waals surface area contributed by atoms with Crippen molar-refractivity contribution >= 4 is 29.7 Å². The van der Waals surface area contributed by atoms with Gasteiger partial charge in [0.2, 0.25) is 0 Å². The maximum absolute atomic E-state index is 12.4. The molecule has 2 saturated heterocycles. The molecular formula is C13H20N2O5S. The lowest BCUT2D eigenvalue weighted by atomic mass is 9.97. The van der Waals surface area contributed by atoms with Crippen LogP contribution in [0.25, 0.3) is 0 Å². The minimum atomic E-state index is -0.963. The Morgan fingerprint density at radius 1 is 1.29 bits per heavy atom. The van der Waals surface area contributed by atoms with Crippen LogP contribution in [0.2, 0.25) is 0 Å². The third-order valence-electron chi connectivity index (χ3n) is 3.80. The lowest BCUT2D eigenvalue weighted by Crippen LogP contribution is -2.51. The molecule has 2 fully saturated rings. The fourth-order valence-corrected chi connectivity index (χ4v) is 3.72. The summed E-state index contributed by atoms with van der Waals surface area (Å²) >= 11 is 1.45. The van der Waals surface area contributed by atoms with E-state index < -0.39 is 12.0 Å². The van der Waals surface area contributed by atoms with Gasteiger partial charge in [0, 0.05) is 18.8 Å². The Labute approximate surface area is 127 Å². The average Bonchev–Trinajstić information content (AvgIpc) is 2.96. The van der Waals surface area contributed by atoms with Crippen LogP contribution in [0.4, 0.5) is 4.79 Å². The number of carbonyl (C=O) groups is 3. The molecule has 7 nitrogen and oxygen atoms in total. The summed E-state index contributed by atoms with van der Waals surface area (Å²) in [5.74, 6) is -0.481. The Morgan fingerprint density at radius 2 is 1.95 bits per heavy atom. The molecule has 0 aromatic heterocycles. The van der Waals surface area contributed by atoms with Crippen LogP contribution in [0.15, 0.2) is 0 Å². The van der Waals surface area contributed by atoms with Gasteiger partial charge in [-0.05, 0) is 19.8 Å². The highest BCUT2D eigenvalue weighted by molar-refractivity contribution is 7.99. The SMILES string of the molecule is CCOC(=O)C1CCN(C(=O)N2CSC[C@H]2C(=O)O)CC1. The van der Waals surface area contributed by atoms with E-state index >= 15 is 0 Å². The molecule has 1 atom stereocenters. The summed E-state index contributed by atoms with van der Waals surface area (Å²) in [6.45, 7) is 3.07. The summed E-state index contributed by atoms with van der Waals surface area (Å²) < 4.78 is 4.99. The summed E-state index contributed by atoms with van der Waals surface area (Å²) in [4.78, 5) is 38.2. The second-order valence-electron chi connectivity index (χ2n) is 5.12. The van der Waals surface area contributed by atoms with Crippen LogP contribution in [-0.4, -0.2) is 70.2 Å². The van der Waals surface area contributed by atoms with Gasteiger partial charge in [0.15, 0.2) is 0 Å². The Hall–Kier alpha value is -1.44. The summed E-state index contributed by atoms with van der Waals surface area (Å²) in [5.41, 5.74) is 0. The molecule has 8 heteroatoms. The zero-order chi connectivity index (χ0) is 15.4. The first kappa shape index (κ1) is 15.9. The average molecular weight is 316 g/mol. The number of hydrogen-bond acceptors (Lipinski definition) is 5. The van der Waals surface area contributed by atoms with Gasteiger partial charge in [-0.1, -0.05) is 0 Å². The van der Waals surface area contributed by atoms with Crippen molar-refractivity contribution in [2.75, 3.05) is 31.3 Å². The quantitative estimate of drug-likeness (QED) is 0.777. The first-order chi connectivity index (χ1) is 10.0. The Bertz CT molecular complexity index is 423. The molecule has 0 aromatic rings. The van der Waals surface area contributed by atoms with Crippen molar-refractivity contribution in [3.05, 3.63) is 0 Å². The van der Waals surface area contributed by atoms with Crippen molar-refractivity contribution in [3.63, 3.8) is 0 Å². The van der Waals surface area contributed by atoms with Gasteiger partial charge < -0.3 is 19.6 Å². The number of aliphatic carboxylic acids is 1. The highest BCUT2D eigenvalue weighted by atomic mass is 32.2. The molecule has 0 saturated carbocycles. The molecule has 0 aromatic carbocycles. The molecule has 0 bridgehead atoms. The van der Waals surface area contributed by atoms with Crippen molar-refractivity contribution in [1.82, 2.24) is 9.80 Å². The number of ether oxygens (including phenoxy) is 1. The molecule has 1 N–H and O–H groups in total. The number of esters is 1. The van der Waals surface area contributed by atoms with E-state index in [0.29, 0.717) is 44.2 Å². The van der Waals surface area contributed by atoms with E-state index in [2.05, 4.69) is 0 Å². The number of carboxylic acids is 1. The number of amides is 2. The zero-order valence-corrected chi connectivity index (χ0v) is 12.8. The topological polar surface area (TPSA) is 87.2 Å². The van der Waals surface area contributed by atoms with Crippen LogP contribution in [-0.2, 0) is 14.3 Å². The second kappa shape index (κ2) is 7.02. The van der Waals surface area contributed by atoms with Crippen molar-refractivity contribution in [1.29, 1.82) is 0 Å². The number of rotatable bonds is 3. The first-order valence-corrected chi connectivity index (χ1v) is 8.22. The molecule has 118 valence electrons. The number of hydrogen-bond donors (Lipinski definition) is 1. The largest absolute Gasteiger partial charge is 0.480 e. The van der Waals surface area contributed by atoms with Gasteiger partial charge in [-0.15, -0.1) is 11.8 Å². The van der Waals surface area contributed by atoms with Crippen LogP contribution in [0.1, 0.15) is 19.8 Å². The Morgan fingerprint density at radius 3 is 2.52 bits per heavy atom. The molecule has 21 heavy (non-hydrogen) atoms. The molecule has 0 aliphatic carbocycles. The number of carboxylic acid groups (broad SMARTS) is 1. The van der Waals surface area contributed by atoms with Gasteiger partial charge in [-0.3, -0.25) is 4.79 Å². The standard InChI is InChI=1S/C13H20N2O5S/c1-2-20-12(18)9-3-5-14(6-4-9)13(19)15-8-21-7-10(15)11(16)17/h9-10H,2-8H2,1H3,(H,16,17)/t10-/m0/s1. The van der Waals surface area contributed by atoms with Gasteiger partial charge in [-0.25, -0.2) is 9.59 Å². The number of piperidine rings is 1. The molecule has 0 spiro atoms. The molecule has 2 aliphatic rings. The van der Waals surface area contributed by atoms with Gasteiger partial charge in [0.05, 0.1) is 18.4 Å². The summed E-state index contributed by atoms with van der Waals surface area (Å²) in [6, 6.07) is -0.986. The predicted molar refractivity (Wildman–Crippen MR) is 76.9 cm³/mol. The Balaban J connectivity index is 1.88. The minimum Gasteiger partial charge on any atom is -0.480 e. The van der Waals surface area contributed by atoms with E-state index in [9.17, 15) is 14.4 Å². The van der Waals surface area contributed by atoms with E-state index in [-0.39, 0.29) is 17.9 Å². The van der Waals surface area contributed by atoms with E-state index in [1.807, 2.05) is 0 Å². The lowest BCUT2D eigenvalue weighted by molar-refractivity contribution is -0.149. The van der Waals surface area contributed by atoms with Crippen molar-refractivity contribution < 1.29 is 24.2 Å². The van der Waals surface area contributed by atoms with Gasteiger partial charge in [-0.2, -0.15) is 0 Å². The molecule has 2 aliphatic heterocycles. The monoisotopic (exact) mass is 316 g/mol. The normalized spacial score (nSPS) is 23.2. The van der Waals surface area contributed by atoms with E-state index in [0.717, 1.165) is 0 Å². The third-order valence-corrected chi connectivity index (χ3v) is 4.81. The number of likely N-dealkylation sites (tertiary alicyclic amines) is 1. The molecule has 2 amide bonds. The van der Waals surface area contributed by atoms with E-state index in [1.54, 1.807) is 11.8 Å². The molecule has 2 rings (SSSR count). The summed E-state index contributed by atoms with van der Waals surface area (Å²) in [7, 11) is 0. The van der Waals surface area contributed by atoms with Crippen molar-refractivity contribution in [3.8, 4) is 0 Å². The van der Waals surface area contributed by atoms with Gasteiger partial charge in [0.25, 0.3) is 0 Å². The highest BCUT2D eigenvalue weighted by Crippen LogP contribution is 2.25. The molecule has 2 heterocycles. The highest BCUT2D eigenvalue weighted by Gasteiger charge is 2.38. The van der Waals surface area contributed by atoms with Crippen molar-refractivity contribution in [2.24, 2.45) is 5.92 Å². The maximum atomic E-state index is 12.4. The third kappa shape index (κ3) is 3.61. The zero-order valence-electron chi connectivity index (χ0n) is 12.0. The van der Waals surface area contributed by atoms with Gasteiger partial charge in [0.1, 0.15) is 6.04 Å². The smallest absolute Gasteiger partial charge is 0.327 e. The second-order valence-corrected chi connectivity index (χ2v) is 6.12. The van der Waals surface area contributed by atoms with Gasteiger partial charge >= 0.3 is 18.0 Å². The van der Waals surface area contributed by atoms with Crippen LogP contribution in [0, 0.1) is 5.92 Å². The first-order valence-electron chi connectivity index (χ1n) is 7.07. The summed E-state index contributed by atoms with van der Waals surface area (Å²) in [6.07, 6.45) is 1.15. The lowest BCUT2D eigenvalue weighted by Gasteiger charge is -2.34. The van der Waals surface area contributed by atoms with E-state index in [4.69, 9.17) is 9.84 Å². The Kier molecular flexibility index (Phi) is 5.33. The van der Waals surface area contributed by atoms with Crippen LogP contribution >= 0.6 is 11.8 Å². The number of nitrogens with zero attached hydrogens (tertiary/aromatic N) is 2. The molecule has 0 unspecified atom stereocenters. The van der Waals surface area contributed by atoms with Crippen LogP contribution < -0.4 is 0 Å². The number of thioether (sulfide) groups is 1. The fraction of sp³-hybridized carbons (Fsp3) is 0.769. The van der Waals surface area contributed by atoms with Crippen molar-refractivity contribution in [2.45, 2.75) is 25.8 Å². The molecular weight excluding hydrogens is 296 g/mol. The predicted octanol–water partition coefficient (Wildman–Crippen LogP) is 0.841. The van der Waals surface area contributed by atoms with Crippen LogP contribution in [0.3, 0.4) is 0 Å². The fourth-order valence-electron chi connectivity index (χ4n) is 2.58. The maximum Gasteiger partial charge on any atom is 0.327 e. The van der Waals surface area contributed by atoms with E-state index in [1.165, 1.54) is 16.7 Å². The minimum absolute atomic E-state index is 0.155. The number of urea groups is 1. The molecule has 0 radical (unpaired) electrons.